The molecule has 12 heteroatoms. The molecule has 136 valence electrons. The second-order valence-corrected chi connectivity index (χ2v) is 38.8. The monoisotopic (exact) mass is 744 g/mol. The molecule has 0 rings (SSSR count). The van der Waals surface area contributed by atoms with Crippen LogP contribution in [0, 0.1) is 35.6 Å². The smallest absolute Gasteiger partial charge is 3.00 e. The molecule has 0 radical (unpaired) electrons. The average Bonchev–Trinajstić information content (AvgIpc) is 2.07. The molecule has 24 heavy (non-hydrogen) atoms. The van der Waals surface area contributed by atoms with Gasteiger partial charge in [0.2, 0.25) is 0 Å². The SMILES string of the molecule is CC(=S)[S-].CC(=S)[S-].CC(=S)[S-].CC(=S)[S][Sn]([CH3])([CH3])[S]C(C)=S.[La+3]. The van der Waals surface area contributed by atoms with Crippen LogP contribution in [0.2, 0.25) is 9.88 Å². The van der Waals surface area contributed by atoms with E-state index in [9.17, 15) is 0 Å². The summed E-state index contributed by atoms with van der Waals surface area (Å²) in [6.07, 6.45) is 0. The summed E-state index contributed by atoms with van der Waals surface area (Å²) in [7, 11) is 3.80. The molecule has 0 saturated heterocycles. The standard InChI is InChI=1S/5C2H4S2.2CH3.La.Sn/c5*1-2(3)4;;;;/h5*1H3,(H,3,4);2*1H3;;/q;;;;;;;+3;+2/p-5. The van der Waals surface area contributed by atoms with Gasteiger partial charge in [-0.2, -0.15) is 12.6 Å². The van der Waals surface area contributed by atoms with E-state index in [1.54, 1.807) is 20.8 Å². The van der Waals surface area contributed by atoms with Crippen molar-refractivity contribution in [3.8, 4) is 0 Å². The summed E-state index contributed by atoms with van der Waals surface area (Å²) in [5.41, 5.74) is 0. The van der Waals surface area contributed by atoms with Crippen molar-refractivity contribution in [2.24, 2.45) is 0 Å². The fraction of sp³-hybridized carbons (Fsp3) is 0.583. The van der Waals surface area contributed by atoms with Gasteiger partial charge in [0, 0.05) is 0 Å². The normalized spacial score (nSPS) is 8.29. The minimum atomic E-state index is -1.98. The zero-order valence-electron chi connectivity index (χ0n) is 14.7. The number of hydrogen-bond donors (Lipinski definition) is 0. The van der Waals surface area contributed by atoms with E-state index in [1.165, 1.54) is 0 Å². The topological polar surface area (TPSA) is 0 Å². The summed E-state index contributed by atoms with van der Waals surface area (Å²) in [5.74, 6) is 0. The Morgan fingerprint density at radius 2 is 0.750 bits per heavy atom. The molecule has 0 atom stereocenters. The second-order valence-electron chi connectivity index (χ2n) is 4.06. The first kappa shape index (κ1) is 38.4. The summed E-state index contributed by atoms with van der Waals surface area (Å²) < 4.78 is 3.88. The molecular formula is C12H21LaS10Sn. The Hall–Kier alpha value is 3.80. The van der Waals surface area contributed by atoms with Crippen LogP contribution in [0.25, 0.3) is 0 Å². The van der Waals surface area contributed by atoms with E-state index >= 15 is 0 Å². The second kappa shape index (κ2) is 24.8. The predicted molar refractivity (Wildman–Crippen MR) is 146 cm³/mol. The molecule has 0 aliphatic rings. The summed E-state index contributed by atoms with van der Waals surface area (Å²) in [5, 5.41) is 0. The molecule has 0 saturated carbocycles. The van der Waals surface area contributed by atoms with Crippen LogP contribution >= 0.6 is 79.0 Å². The Morgan fingerprint density at radius 3 is 0.833 bits per heavy atom. The molecule has 0 aromatic heterocycles. The Labute approximate surface area is 229 Å². The van der Waals surface area contributed by atoms with E-state index in [4.69, 9.17) is 24.4 Å². The van der Waals surface area contributed by atoms with Crippen LogP contribution in [0.3, 0.4) is 0 Å². The molecule has 0 nitrogen and oxygen atoms in total. The van der Waals surface area contributed by atoms with Crippen LogP contribution in [0.1, 0.15) is 34.6 Å². The molecule has 0 amide bonds. The van der Waals surface area contributed by atoms with Gasteiger partial charge in [0.1, 0.15) is 0 Å². The van der Waals surface area contributed by atoms with Gasteiger partial charge in [-0.1, -0.05) is 20.8 Å². The van der Waals surface area contributed by atoms with Crippen molar-refractivity contribution in [3.05, 3.63) is 0 Å². The van der Waals surface area contributed by atoms with Crippen LogP contribution in [0.15, 0.2) is 0 Å². The molecule has 0 aliphatic carbocycles. The number of thiocarbonyl (C=S) groups is 5. The zero-order chi connectivity index (χ0) is 19.8. The van der Waals surface area contributed by atoms with Crippen LogP contribution in [0.4, 0.5) is 0 Å². The van der Waals surface area contributed by atoms with E-state index in [-0.39, 0.29) is 35.6 Å². The maximum atomic E-state index is 5.06. The van der Waals surface area contributed by atoms with Crippen molar-refractivity contribution < 1.29 is 35.6 Å². The van der Waals surface area contributed by atoms with E-state index in [2.05, 4.69) is 84.4 Å². The molecule has 0 fully saturated rings. The van der Waals surface area contributed by atoms with Gasteiger partial charge >= 0.3 is 126 Å². The molecule has 0 spiro atoms. The van der Waals surface area contributed by atoms with Crippen LogP contribution in [-0.4, -0.2) is 36.6 Å². The minimum Gasteiger partial charge on any atom is 3.00 e. The van der Waals surface area contributed by atoms with Crippen molar-refractivity contribution in [2.75, 3.05) is 0 Å². The maximum Gasteiger partial charge on any atom is 3.00 e. The summed E-state index contributed by atoms with van der Waals surface area (Å²) in [6, 6.07) is 0. The number of hydrogen-bond acceptors (Lipinski definition) is 10. The largest absolute Gasteiger partial charge is 3.00 e. The van der Waals surface area contributed by atoms with Crippen LogP contribution in [0.5, 0.6) is 0 Å². The van der Waals surface area contributed by atoms with Gasteiger partial charge in [-0.05, 0) is 0 Å². The van der Waals surface area contributed by atoms with Gasteiger partial charge in [0.25, 0.3) is 0 Å². The average molecular weight is 744 g/mol. The van der Waals surface area contributed by atoms with E-state index < -0.39 is 15.6 Å². The van der Waals surface area contributed by atoms with Crippen LogP contribution < -0.4 is 0 Å². The third kappa shape index (κ3) is 83.3. The quantitative estimate of drug-likeness (QED) is 0.174. The number of rotatable bonds is 2. The summed E-state index contributed by atoms with van der Waals surface area (Å²) >= 11 is 34.2. The molecule has 0 aliphatic heterocycles. The van der Waals surface area contributed by atoms with Gasteiger partial charge in [-0.3, -0.25) is 0 Å². The molecule has 0 heterocycles. The van der Waals surface area contributed by atoms with Crippen molar-refractivity contribution >= 4 is 153 Å². The molecule has 0 bridgehead atoms. The Bertz CT molecular complexity index is 350. The van der Waals surface area contributed by atoms with Gasteiger partial charge < -0.3 is 74.5 Å². The Kier molecular flexibility index (Phi) is 39.8. The third-order valence-electron chi connectivity index (χ3n) is 0.779. The van der Waals surface area contributed by atoms with Crippen molar-refractivity contribution in [1.82, 2.24) is 0 Å². The van der Waals surface area contributed by atoms with E-state index in [1.807, 2.05) is 31.7 Å². The van der Waals surface area contributed by atoms with E-state index in [0.29, 0.717) is 12.6 Å². The summed E-state index contributed by atoms with van der Waals surface area (Å²) in [4.78, 5) is 4.69. The fourth-order valence-corrected chi connectivity index (χ4v) is 30.7. The molecular weight excluding hydrogens is 722 g/mol. The Morgan fingerprint density at radius 1 is 0.625 bits per heavy atom. The maximum absolute atomic E-state index is 5.06. The molecule has 0 unspecified atom stereocenters. The van der Waals surface area contributed by atoms with Gasteiger partial charge in [-0.25, -0.2) is 0 Å². The van der Waals surface area contributed by atoms with Crippen molar-refractivity contribution in [3.63, 3.8) is 0 Å². The first-order valence-corrected chi connectivity index (χ1v) is 23.5. The van der Waals surface area contributed by atoms with Gasteiger partial charge in [0.15, 0.2) is 0 Å². The van der Waals surface area contributed by atoms with Crippen LogP contribution in [-0.2, 0) is 37.9 Å². The van der Waals surface area contributed by atoms with Gasteiger partial charge in [0.05, 0.1) is 0 Å². The zero-order valence-corrected chi connectivity index (χ0v) is 29.3. The van der Waals surface area contributed by atoms with Crippen molar-refractivity contribution in [1.29, 1.82) is 0 Å². The van der Waals surface area contributed by atoms with Gasteiger partial charge in [-0.15, -0.1) is 0 Å². The van der Waals surface area contributed by atoms with E-state index in [0.717, 1.165) is 8.39 Å². The fourth-order valence-electron chi connectivity index (χ4n) is 0.713. The third-order valence-corrected chi connectivity index (χ3v) is 22.4. The first-order valence-electron chi connectivity index (χ1n) is 5.95. The Balaban J connectivity index is -0.0000000772. The summed E-state index contributed by atoms with van der Waals surface area (Å²) in [6.45, 7) is 9.13. The van der Waals surface area contributed by atoms with Crippen molar-refractivity contribution in [2.45, 2.75) is 44.5 Å². The first-order chi connectivity index (χ1) is 10.0. The molecule has 0 aromatic carbocycles. The minimum absolute atomic E-state index is 0. The molecule has 0 aromatic rings. The molecule has 0 N–H and O–H groups in total. The predicted octanol–water partition coefficient (Wildman–Crippen LogP) is 6.49.